The zero-order valence-corrected chi connectivity index (χ0v) is 12.3. The van der Waals surface area contributed by atoms with Gasteiger partial charge < -0.3 is 10.4 Å². The molecule has 0 saturated carbocycles. The van der Waals surface area contributed by atoms with Crippen molar-refractivity contribution in [3.05, 3.63) is 15.6 Å². The van der Waals surface area contributed by atoms with Crippen LogP contribution in [0.2, 0.25) is 0 Å². The molecule has 0 aliphatic rings. The van der Waals surface area contributed by atoms with Crippen molar-refractivity contribution in [2.24, 2.45) is 5.92 Å². The zero-order valence-electron chi connectivity index (χ0n) is 11.4. The Kier molecular flexibility index (Phi) is 5.56. The molecule has 2 atom stereocenters. The minimum absolute atomic E-state index is 0.173. The molecule has 0 spiro atoms. The third-order valence-corrected chi connectivity index (χ3v) is 4.05. The van der Waals surface area contributed by atoms with Crippen LogP contribution in [-0.4, -0.2) is 22.7 Å². The highest BCUT2D eigenvalue weighted by Crippen LogP contribution is 2.25. The molecule has 2 N–H and O–H groups in total. The van der Waals surface area contributed by atoms with E-state index in [0.29, 0.717) is 5.92 Å². The van der Waals surface area contributed by atoms with Crippen LogP contribution in [0, 0.1) is 19.8 Å². The van der Waals surface area contributed by atoms with Crippen molar-refractivity contribution < 1.29 is 5.11 Å². The maximum Gasteiger partial charge on any atom is 0.0900 e. The number of aromatic nitrogens is 1. The van der Waals surface area contributed by atoms with Gasteiger partial charge in [-0.15, -0.1) is 11.3 Å². The molecule has 0 fully saturated rings. The average molecular weight is 256 g/mol. The third-order valence-electron chi connectivity index (χ3n) is 2.79. The zero-order chi connectivity index (χ0) is 13.0. The lowest BCUT2D eigenvalue weighted by Gasteiger charge is -2.22. The highest BCUT2D eigenvalue weighted by atomic mass is 32.1. The van der Waals surface area contributed by atoms with Crippen molar-refractivity contribution >= 4 is 11.3 Å². The molecule has 1 aromatic heterocycles. The fourth-order valence-electron chi connectivity index (χ4n) is 2.14. The van der Waals surface area contributed by atoms with Gasteiger partial charge >= 0.3 is 0 Å². The molecule has 0 bridgehead atoms. The maximum absolute atomic E-state index is 9.37. The van der Waals surface area contributed by atoms with E-state index in [1.54, 1.807) is 11.3 Å². The Morgan fingerprint density at radius 1 is 1.29 bits per heavy atom. The molecule has 2 unspecified atom stereocenters. The number of hydrogen-bond donors (Lipinski definition) is 2. The second kappa shape index (κ2) is 6.47. The number of thiazole rings is 1. The lowest BCUT2D eigenvalue weighted by Crippen LogP contribution is -2.35. The molecule has 0 radical (unpaired) electrons. The Morgan fingerprint density at radius 3 is 2.35 bits per heavy atom. The Morgan fingerprint density at radius 2 is 1.94 bits per heavy atom. The summed E-state index contributed by atoms with van der Waals surface area (Å²) in [6.07, 6.45) is 0.998. The highest BCUT2D eigenvalue weighted by Gasteiger charge is 2.17. The number of aliphatic hydroxyl groups excluding tert-OH is 1. The van der Waals surface area contributed by atoms with Gasteiger partial charge in [0.1, 0.15) is 0 Å². The van der Waals surface area contributed by atoms with E-state index in [1.165, 1.54) is 4.88 Å². The Balaban J connectivity index is 2.64. The molecule has 0 aliphatic heterocycles. The molecular formula is C13H24N2OS. The summed E-state index contributed by atoms with van der Waals surface area (Å²) in [4.78, 5) is 5.72. The number of rotatable bonds is 6. The first-order valence-corrected chi connectivity index (χ1v) is 7.06. The van der Waals surface area contributed by atoms with Crippen LogP contribution in [0.15, 0.2) is 0 Å². The Labute approximate surface area is 108 Å². The van der Waals surface area contributed by atoms with Crippen LogP contribution in [0.5, 0.6) is 0 Å². The van der Waals surface area contributed by atoms with Crippen molar-refractivity contribution in [2.45, 2.75) is 53.1 Å². The van der Waals surface area contributed by atoms with E-state index in [-0.39, 0.29) is 18.7 Å². The summed E-state index contributed by atoms with van der Waals surface area (Å²) in [6, 6.07) is 0.434. The van der Waals surface area contributed by atoms with Gasteiger partial charge in [0.15, 0.2) is 0 Å². The van der Waals surface area contributed by atoms with Crippen molar-refractivity contribution in [1.29, 1.82) is 0 Å². The summed E-state index contributed by atoms with van der Waals surface area (Å²) in [6.45, 7) is 10.8. The normalized spacial score (nSPS) is 15.2. The predicted molar refractivity (Wildman–Crippen MR) is 73.5 cm³/mol. The largest absolute Gasteiger partial charge is 0.395 e. The topological polar surface area (TPSA) is 45.2 Å². The second-order valence-electron chi connectivity index (χ2n) is 5.08. The van der Waals surface area contributed by atoms with Gasteiger partial charge in [-0.2, -0.15) is 0 Å². The number of aliphatic hydroxyl groups is 1. The molecule has 1 rings (SSSR count). The number of hydrogen-bond acceptors (Lipinski definition) is 4. The van der Waals surface area contributed by atoms with Crippen LogP contribution in [0.25, 0.3) is 0 Å². The molecule has 0 aliphatic carbocycles. The van der Waals surface area contributed by atoms with Crippen molar-refractivity contribution in [3.8, 4) is 0 Å². The van der Waals surface area contributed by atoms with Crippen LogP contribution in [0.3, 0.4) is 0 Å². The molecular weight excluding hydrogens is 232 g/mol. The Bertz CT molecular complexity index is 349. The van der Waals surface area contributed by atoms with Gasteiger partial charge in [0.2, 0.25) is 0 Å². The van der Waals surface area contributed by atoms with Gasteiger partial charge in [0, 0.05) is 17.0 Å². The molecule has 1 aromatic rings. The van der Waals surface area contributed by atoms with E-state index in [9.17, 15) is 5.11 Å². The lowest BCUT2D eigenvalue weighted by molar-refractivity contribution is 0.215. The van der Waals surface area contributed by atoms with E-state index < -0.39 is 0 Å². The highest BCUT2D eigenvalue weighted by molar-refractivity contribution is 7.11. The Hall–Kier alpha value is -0.450. The second-order valence-corrected chi connectivity index (χ2v) is 6.31. The van der Waals surface area contributed by atoms with Crippen molar-refractivity contribution in [2.75, 3.05) is 6.61 Å². The smallest absolute Gasteiger partial charge is 0.0900 e. The lowest BCUT2D eigenvalue weighted by atomic mass is 10.0. The quantitative estimate of drug-likeness (QED) is 0.822. The first kappa shape index (κ1) is 14.6. The first-order valence-electron chi connectivity index (χ1n) is 6.24. The SMILES string of the molecule is Cc1nc(C)c(C(C)NC(CO)CC(C)C)s1. The van der Waals surface area contributed by atoms with Gasteiger partial charge in [-0.25, -0.2) is 4.98 Å². The fourth-order valence-corrected chi connectivity index (χ4v) is 3.08. The van der Waals surface area contributed by atoms with Crippen LogP contribution in [0.1, 0.15) is 48.8 Å². The molecule has 3 nitrogen and oxygen atoms in total. The first-order chi connectivity index (χ1) is 7.93. The van der Waals surface area contributed by atoms with Crippen LogP contribution >= 0.6 is 11.3 Å². The molecule has 0 saturated heterocycles. The number of aryl methyl sites for hydroxylation is 2. The van der Waals surface area contributed by atoms with E-state index in [1.807, 2.05) is 13.8 Å². The summed E-state index contributed by atoms with van der Waals surface area (Å²) < 4.78 is 0. The molecule has 0 aromatic carbocycles. The van der Waals surface area contributed by atoms with E-state index in [4.69, 9.17) is 0 Å². The van der Waals surface area contributed by atoms with Gasteiger partial charge in [-0.1, -0.05) is 13.8 Å². The summed E-state index contributed by atoms with van der Waals surface area (Å²) >= 11 is 1.74. The maximum atomic E-state index is 9.37. The van der Waals surface area contributed by atoms with Crippen molar-refractivity contribution in [1.82, 2.24) is 10.3 Å². The molecule has 98 valence electrons. The monoisotopic (exact) mass is 256 g/mol. The van der Waals surface area contributed by atoms with Crippen LogP contribution in [-0.2, 0) is 0 Å². The van der Waals surface area contributed by atoms with E-state index >= 15 is 0 Å². The van der Waals surface area contributed by atoms with E-state index in [0.717, 1.165) is 17.1 Å². The summed E-state index contributed by atoms with van der Waals surface area (Å²) in [7, 11) is 0. The van der Waals surface area contributed by atoms with E-state index in [2.05, 4.69) is 31.1 Å². The summed E-state index contributed by atoms with van der Waals surface area (Å²) in [5.74, 6) is 0.594. The fraction of sp³-hybridized carbons (Fsp3) is 0.769. The minimum atomic E-state index is 0.173. The minimum Gasteiger partial charge on any atom is -0.395 e. The molecule has 17 heavy (non-hydrogen) atoms. The van der Waals surface area contributed by atoms with Crippen LogP contribution in [0.4, 0.5) is 0 Å². The number of nitrogens with zero attached hydrogens (tertiary/aromatic N) is 1. The average Bonchev–Trinajstić information content (AvgIpc) is 2.56. The molecule has 4 heteroatoms. The van der Waals surface area contributed by atoms with Gasteiger partial charge in [-0.05, 0) is 33.1 Å². The van der Waals surface area contributed by atoms with Gasteiger partial charge in [0.25, 0.3) is 0 Å². The standard InChI is InChI=1S/C13H24N2OS/c1-8(2)6-12(7-16)15-10(4)13-9(3)14-11(5)17-13/h8,10,12,15-16H,6-7H2,1-5H3. The van der Waals surface area contributed by atoms with Gasteiger partial charge in [-0.3, -0.25) is 0 Å². The summed E-state index contributed by atoms with van der Waals surface area (Å²) in [5, 5.41) is 14.0. The van der Waals surface area contributed by atoms with Crippen LogP contribution < -0.4 is 5.32 Å². The number of nitrogens with one attached hydrogen (secondary N) is 1. The van der Waals surface area contributed by atoms with Crippen molar-refractivity contribution in [3.63, 3.8) is 0 Å². The summed E-state index contributed by atoms with van der Waals surface area (Å²) in [5.41, 5.74) is 1.11. The molecule has 1 heterocycles. The molecule has 0 amide bonds. The van der Waals surface area contributed by atoms with Gasteiger partial charge in [0.05, 0.1) is 17.3 Å². The predicted octanol–water partition coefficient (Wildman–Crippen LogP) is 2.82. The third kappa shape index (κ3) is 4.37.